The highest BCUT2D eigenvalue weighted by Gasteiger charge is 2.26. The van der Waals surface area contributed by atoms with Gasteiger partial charge in [0.2, 0.25) is 11.6 Å². The second-order valence-electron chi connectivity index (χ2n) is 9.98. The molecule has 3 rings (SSSR count). The van der Waals surface area contributed by atoms with E-state index in [4.69, 9.17) is 9.47 Å². The number of hydrogen-bond acceptors (Lipinski definition) is 4. The van der Waals surface area contributed by atoms with E-state index >= 15 is 0 Å². The van der Waals surface area contributed by atoms with Crippen molar-refractivity contribution >= 4 is 11.4 Å². The van der Waals surface area contributed by atoms with Gasteiger partial charge in [0.25, 0.3) is 0 Å². The normalized spacial score (nSPS) is 11.0. The number of azo groups is 1. The van der Waals surface area contributed by atoms with E-state index in [1.54, 1.807) is 36.4 Å². The molecule has 42 heavy (non-hydrogen) atoms. The standard InChI is InChI=1S/C34H38F4N2O2/c1-3-5-7-9-11-23-41-28-20-18-27(19-21-28)40-39-26-16-13-25(14-17-26)15-22-29-30(35)32(37)34(33(38)31(29)36)42-24-12-10-8-6-4-2/h13-14,16-21H,3-12,23-24H2,1-2H3. The first-order chi connectivity index (χ1) is 20.4. The van der Waals surface area contributed by atoms with Crippen molar-refractivity contribution in [1.29, 1.82) is 0 Å². The molecule has 0 N–H and O–H groups in total. The molecule has 0 atom stereocenters. The van der Waals surface area contributed by atoms with Crippen molar-refractivity contribution in [3.05, 3.63) is 82.9 Å². The fourth-order valence-electron chi connectivity index (χ4n) is 4.09. The van der Waals surface area contributed by atoms with Crippen LogP contribution >= 0.6 is 0 Å². The molecule has 0 aliphatic rings. The Hall–Kier alpha value is -3.86. The van der Waals surface area contributed by atoms with Crippen LogP contribution in [0.25, 0.3) is 0 Å². The van der Waals surface area contributed by atoms with E-state index < -0.39 is 34.6 Å². The van der Waals surface area contributed by atoms with Crippen LogP contribution in [0.3, 0.4) is 0 Å². The van der Waals surface area contributed by atoms with E-state index in [0.29, 0.717) is 30.0 Å². The summed E-state index contributed by atoms with van der Waals surface area (Å²) in [7, 11) is 0. The lowest BCUT2D eigenvalue weighted by atomic mass is 10.1. The van der Waals surface area contributed by atoms with Crippen LogP contribution < -0.4 is 9.47 Å². The van der Waals surface area contributed by atoms with Gasteiger partial charge in [-0.3, -0.25) is 0 Å². The number of halogens is 4. The Balaban J connectivity index is 1.57. The fourth-order valence-corrected chi connectivity index (χ4v) is 4.09. The lowest BCUT2D eigenvalue weighted by Crippen LogP contribution is -2.08. The van der Waals surface area contributed by atoms with Gasteiger partial charge in [-0.15, -0.1) is 0 Å². The number of ether oxygens (including phenoxy) is 2. The highest BCUT2D eigenvalue weighted by molar-refractivity contribution is 5.50. The Kier molecular flexibility index (Phi) is 13.9. The number of benzene rings is 3. The van der Waals surface area contributed by atoms with Gasteiger partial charge in [-0.25, -0.2) is 8.78 Å². The van der Waals surface area contributed by atoms with Crippen LogP contribution in [-0.2, 0) is 0 Å². The highest BCUT2D eigenvalue weighted by Crippen LogP contribution is 2.30. The van der Waals surface area contributed by atoms with E-state index in [2.05, 4.69) is 35.9 Å². The van der Waals surface area contributed by atoms with Crippen LogP contribution in [0.5, 0.6) is 11.5 Å². The van der Waals surface area contributed by atoms with Crippen molar-refractivity contribution in [2.24, 2.45) is 10.2 Å². The minimum Gasteiger partial charge on any atom is -0.494 e. The first kappa shape index (κ1) is 32.7. The minimum atomic E-state index is -1.59. The molecule has 3 aromatic rings. The second kappa shape index (κ2) is 17.8. The zero-order valence-corrected chi connectivity index (χ0v) is 24.3. The first-order valence-electron chi connectivity index (χ1n) is 14.7. The lowest BCUT2D eigenvalue weighted by Gasteiger charge is -2.11. The summed E-state index contributed by atoms with van der Waals surface area (Å²) in [6.07, 6.45) is 10.3. The van der Waals surface area contributed by atoms with Crippen LogP contribution in [0.4, 0.5) is 28.9 Å². The number of hydrogen-bond donors (Lipinski definition) is 0. The largest absolute Gasteiger partial charge is 0.494 e. The maximum absolute atomic E-state index is 14.6. The number of nitrogens with zero attached hydrogens (tertiary/aromatic N) is 2. The number of rotatable bonds is 16. The predicted molar refractivity (Wildman–Crippen MR) is 158 cm³/mol. The van der Waals surface area contributed by atoms with Crippen molar-refractivity contribution in [3.63, 3.8) is 0 Å². The second-order valence-corrected chi connectivity index (χ2v) is 9.98. The topological polar surface area (TPSA) is 43.2 Å². The SMILES string of the molecule is CCCCCCCOc1ccc(N=Nc2ccc(C#Cc3c(F)c(F)c(OCCCCCCC)c(F)c3F)cc2)cc1. The molecule has 3 aromatic carbocycles. The van der Waals surface area contributed by atoms with Gasteiger partial charge in [0.05, 0.1) is 24.6 Å². The Labute approximate surface area is 246 Å². The van der Waals surface area contributed by atoms with Crippen LogP contribution in [0.15, 0.2) is 58.8 Å². The van der Waals surface area contributed by atoms with E-state index in [9.17, 15) is 17.6 Å². The Morgan fingerprint density at radius 2 is 1.02 bits per heavy atom. The van der Waals surface area contributed by atoms with Crippen LogP contribution in [0.1, 0.15) is 89.2 Å². The quantitative estimate of drug-likeness (QED) is 0.0554. The third kappa shape index (κ3) is 10.2. The predicted octanol–water partition coefficient (Wildman–Crippen LogP) is 10.8. The lowest BCUT2D eigenvalue weighted by molar-refractivity contribution is 0.263. The monoisotopic (exact) mass is 582 g/mol. The maximum atomic E-state index is 14.6. The summed E-state index contributed by atoms with van der Waals surface area (Å²) in [5, 5.41) is 8.38. The molecule has 0 spiro atoms. The molecule has 4 nitrogen and oxygen atoms in total. The van der Waals surface area contributed by atoms with E-state index in [1.807, 2.05) is 12.1 Å². The summed E-state index contributed by atoms with van der Waals surface area (Å²) < 4.78 is 68.8. The summed E-state index contributed by atoms with van der Waals surface area (Å²) in [4.78, 5) is 0. The van der Waals surface area contributed by atoms with E-state index in [0.717, 1.165) is 44.3 Å². The molecule has 0 aromatic heterocycles. The Morgan fingerprint density at radius 3 is 1.55 bits per heavy atom. The Bertz CT molecular complexity index is 1320. The summed E-state index contributed by atoms with van der Waals surface area (Å²) in [6.45, 7) is 4.90. The van der Waals surface area contributed by atoms with Gasteiger partial charge in [0, 0.05) is 5.56 Å². The molecule has 8 heteroatoms. The van der Waals surface area contributed by atoms with Gasteiger partial charge in [-0.1, -0.05) is 77.1 Å². The molecular formula is C34H38F4N2O2. The summed E-state index contributed by atoms with van der Waals surface area (Å²) >= 11 is 0. The van der Waals surface area contributed by atoms with Crippen LogP contribution in [-0.4, -0.2) is 13.2 Å². The zero-order valence-electron chi connectivity index (χ0n) is 24.3. The summed E-state index contributed by atoms with van der Waals surface area (Å²) in [5.74, 6) is -1.90. The average molecular weight is 583 g/mol. The van der Waals surface area contributed by atoms with Crippen molar-refractivity contribution in [2.45, 2.75) is 78.1 Å². The molecule has 224 valence electrons. The third-order valence-electron chi connectivity index (χ3n) is 6.55. The third-order valence-corrected chi connectivity index (χ3v) is 6.55. The first-order valence-corrected chi connectivity index (χ1v) is 14.7. The van der Waals surface area contributed by atoms with Gasteiger partial charge in [-0.05, 0) is 61.4 Å². The molecule has 0 heterocycles. The fraction of sp³-hybridized carbons (Fsp3) is 0.412. The molecule has 0 amide bonds. The molecule has 0 saturated heterocycles. The van der Waals surface area contributed by atoms with Gasteiger partial charge in [-0.2, -0.15) is 19.0 Å². The summed E-state index contributed by atoms with van der Waals surface area (Å²) in [5.41, 5.74) is 0.553. The zero-order chi connectivity index (χ0) is 30.2. The smallest absolute Gasteiger partial charge is 0.205 e. The molecule has 0 aliphatic carbocycles. The average Bonchev–Trinajstić information content (AvgIpc) is 3.01. The van der Waals surface area contributed by atoms with Crippen molar-refractivity contribution in [1.82, 2.24) is 0 Å². The minimum absolute atomic E-state index is 0.0376. The molecule has 0 saturated carbocycles. The molecule has 0 bridgehead atoms. The maximum Gasteiger partial charge on any atom is 0.205 e. The van der Waals surface area contributed by atoms with Crippen molar-refractivity contribution < 1.29 is 27.0 Å². The number of unbranched alkanes of at least 4 members (excludes halogenated alkanes) is 8. The molecule has 0 unspecified atom stereocenters. The van der Waals surface area contributed by atoms with Crippen molar-refractivity contribution in [2.75, 3.05) is 13.2 Å². The van der Waals surface area contributed by atoms with E-state index in [-0.39, 0.29) is 6.61 Å². The molecule has 0 aliphatic heterocycles. The highest BCUT2D eigenvalue weighted by atomic mass is 19.2. The van der Waals surface area contributed by atoms with Gasteiger partial charge in [0.15, 0.2) is 17.4 Å². The van der Waals surface area contributed by atoms with E-state index in [1.165, 1.54) is 19.3 Å². The molecule has 0 fully saturated rings. The van der Waals surface area contributed by atoms with Gasteiger partial charge >= 0.3 is 0 Å². The molecular weight excluding hydrogens is 544 g/mol. The summed E-state index contributed by atoms with van der Waals surface area (Å²) in [6, 6.07) is 13.7. The van der Waals surface area contributed by atoms with Gasteiger partial charge in [0.1, 0.15) is 11.3 Å². The van der Waals surface area contributed by atoms with Gasteiger partial charge < -0.3 is 9.47 Å². The van der Waals surface area contributed by atoms with Crippen LogP contribution in [0, 0.1) is 35.1 Å². The van der Waals surface area contributed by atoms with Crippen LogP contribution in [0.2, 0.25) is 0 Å². The Morgan fingerprint density at radius 1 is 0.548 bits per heavy atom. The van der Waals surface area contributed by atoms with Crippen molar-refractivity contribution in [3.8, 4) is 23.3 Å². The molecule has 0 radical (unpaired) electrons.